The Morgan fingerprint density at radius 2 is 1.30 bits per heavy atom. The Morgan fingerprint density at radius 3 is 1.81 bits per heavy atom. The van der Waals surface area contributed by atoms with Gasteiger partial charge < -0.3 is 4.74 Å². The molecule has 0 saturated heterocycles. The molecule has 0 amide bonds. The summed E-state index contributed by atoms with van der Waals surface area (Å²) < 4.78 is 5.80. The average molecular weight is 507 g/mol. The highest BCUT2D eigenvalue weighted by atomic mass is 79.9. The molecule has 0 spiro atoms. The number of alkyl halides is 1. The van der Waals surface area contributed by atoms with Crippen molar-refractivity contribution in [2.45, 2.75) is 32.9 Å². The minimum Gasteiger partial charge on any atom is -0.426 e. The summed E-state index contributed by atoms with van der Waals surface area (Å²) in [4.78, 5) is 15.7. The Morgan fingerprint density at radius 1 is 0.815 bits per heavy atom. The maximum Gasteiger partial charge on any atom is 0.327 e. The van der Waals surface area contributed by atoms with Crippen LogP contribution in [0.15, 0.2) is 98.0 Å². The summed E-state index contributed by atoms with van der Waals surface area (Å²) in [5.41, 5.74) is 0. The van der Waals surface area contributed by atoms with Crippen LogP contribution in [0.25, 0.3) is 0 Å². The van der Waals surface area contributed by atoms with E-state index in [2.05, 4.69) is 80.4 Å². The van der Waals surface area contributed by atoms with E-state index >= 15 is 0 Å². The number of carbonyl (C=O) groups is 1. The van der Waals surface area contributed by atoms with Gasteiger partial charge in [-0.3, -0.25) is 4.79 Å². The Labute approximate surface area is 179 Å². The second kappa shape index (κ2) is 8.63. The smallest absolute Gasteiger partial charge is 0.327 e. The van der Waals surface area contributed by atoms with Crippen LogP contribution in [0.3, 0.4) is 0 Å². The molecule has 5 heteroatoms. The average Bonchev–Trinajstić information content (AvgIpc) is 2.65. The minimum atomic E-state index is -0.711. The lowest BCUT2D eigenvalue weighted by molar-refractivity contribution is -0.136. The molecule has 0 heterocycles. The molecule has 1 unspecified atom stereocenters. The summed E-state index contributed by atoms with van der Waals surface area (Å²) >= 11 is 6.84. The van der Waals surface area contributed by atoms with E-state index < -0.39 is 4.32 Å². The zero-order valence-corrected chi connectivity index (χ0v) is 19.0. The van der Waals surface area contributed by atoms with Crippen LogP contribution in [0.1, 0.15) is 13.8 Å². The standard InChI is InChI=1S/C22H19Br2O2S/c1-22(2,24)21(25)26-17-10-14-20(15-11-17)27(18-6-4-3-5-7-18)19-12-8-16(23)9-13-19/h3-15H,1-2H3/q+1. The summed E-state index contributed by atoms with van der Waals surface area (Å²) in [5.74, 6) is 0.230. The second-order valence-electron chi connectivity index (χ2n) is 6.41. The van der Waals surface area contributed by atoms with Crippen LogP contribution in [-0.4, -0.2) is 10.3 Å². The SMILES string of the molecule is CC(C)(Br)C(=O)Oc1ccc([S+](c2ccccc2)c2ccc(Br)cc2)cc1. The van der Waals surface area contributed by atoms with Crippen LogP contribution in [-0.2, 0) is 15.7 Å². The molecule has 0 aliphatic rings. The van der Waals surface area contributed by atoms with Gasteiger partial charge in [-0.25, -0.2) is 0 Å². The first-order valence-electron chi connectivity index (χ1n) is 8.41. The molecule has 0 radical (unpaired) electrons. The van der Waals surface area contributed by atoms with Crippen molar-refractivity contribution in [2.24, 2.45) is 0 Å². The van der Waals surface area contributed by atoms with Crippen molar-refractivity contribution in [3.8, 4) is 5.75 Å². The van der Waals surface area contributed by atoms with Gasteiger partial charge in [0, 0.05) is 4.47 Å². The van der Waals surface area contributed by atoms with Gasteiger partial charge in [0.05, 0.1) is 10.9 Å². The van der Waals surface area contributed by atoms with Gasteiger partial charge in [0.25, 0.3) is 0 Å². The lowest BCUT2D eigenvalue weighted by Crippen LogP contribution is -2.29. The number of halogens is 2. The Balaban J connectivity index is 1.93. The molecule has 3 aromatic carbocycles. The molecular formula is C22H19Br2O2S+. The van der Waals surface area contributed by atoms with Crippen molar-refractivity contribution >= 4 is 48.7 Å². The third kappa shape index (κ3) is 5.24. The molecule has 27 heavy (non-hydrogen) atoms. The zero-order valence-electron chi connectivity index (χ0n) is 15.0. The zero-order chi connectivity index (χ0) is 19.4. The summed E-state index contributed by atoms with van der Waals surface area (Å²) in [5, 5.41) is 0. The molecule has 3 rings (SSSR count). The number of hydrogen-bond donors (Lipinski definition) is 0. The summed E-state index contributed by atoms with van der Waals surface area (Å²) in [6, 6.07) is 26.6. The van der Waals surface area contributed by atoms with E-state index in [4.69, 9.17) is 4.74 Å². The Bertz CT molecular complexity index is 902. The number of esters is 1. The van der Waals surface area contributed by atoms with E-state index in [1.165, 1.54) is 14.7 Å². The fourth-order valence-electron chi connectivity index (χ4n) is 2.41. The van der Waals surface area contributed by atoms with Crippen LogP contribution >= 0.6 is 31.9 Å². The molecule has 1 atom stereocenters. The van der Waals surface area contributed by atoms with E-state index in [0.29, 0.717) is 5.75 Å². The van der Waals surface area contributed by atoms with Crippen molar-refractivity contribution in [2.75, 3.05) is 0 Å². The van der Waals surface area contributed by atoms with E-state index in [9.17, 15) is 4.79 Å². The lowest BCUT2D eigenvalue weighted by Gasteiger charge is -2.14. The third-order valence-corrected chi connectivity index (χ3v) is 6.87. The van der Waals surface area contributed by atoms with Gasteiger partial charge in [-0.2, -0.15) is 0 Å². The number of hydrogen-bond acceptors (Lipinski definition) is 2. The highest BCUT2D eigenvalue weighted by Crippen LogP contribution is 2.33. The molecular weight excluding hydrogens is 488 g/mol. The van der Waals surface area contributed by atoms with Crippen LogP contribution in [0.4, 0.5) is 0 Å². The molecule has 0 aliphatic heterocycles. The molecule has 0 aliphatic carbocycles. The first-order chi connectivity index (χ1) is 12.8. The normalized spacial score (nSPS) is 12.4. The maximum absolute atomic E-state index is 12.1. The quantitative estimate of drug-likeness (QED) is 0.168. The molecule has 0 fully saturated rings. The molecule has 3 aromatic rings. The highest BCUT2D eigenvalue weighted by molar-refractivity contribution is 9.10. The monoisotopic (exact) mass is 505 g/mol. The van der Waals surface area contributed by atoms with Crippen molar-refractivity contribution in [3.05, 3.63) is 83.3 Å². The van der Waals surface area contributed by atoms with Crippen molar-refractivity contribution in [1.29, 1.82) is 0 Å². The Kier molecular flexibility index (Phi) is 6.45. The van der Waals surface area contributed by atoms with Crippen molar-refractivity contribution < 1.29 is 9.53 Å². The van der Waals surface area contributed by atoms with E-state index in [0.717, 1.165) is 4.47 Å². The summed E-state index contributed by atoms with van der Waals surface area (Å²) in [6.07, 6.45) is 0. The van der Waals surface area contributed by atoms with Gasteiger partial charge in [0.2, 0.25) is 0 Å². The maximum atomic E-state index is 12.1. The first kappa shape index (κ1) is 20.2. The van der Waals surface area contributed by atoms with Gasteiger partial charge in [-0.15, -0.1) is 0 Å². The van der Waals surface area contributed by atoms with E-state index in [-0.39, 0.29) is 16.9 Å². The largest absolute Gasteiger partial charge is 0.426 e. The number of ether oxygens (including phenoxy) is 1. The highest BCUT2D eigenvalue weighted by Gasteiger charge is 2.29. The van der Waals surface area contributed by atoms with Crippen molar-refractivity contribution in [3.63, 3.8) is 0 Å². The second-order valence-corrected chi connectivity index (χ2v) is 11.3. The molecule has 0 aromatic heterocycles. The number of carbonyl (C=O) groups excluding carboxylic acids is 1. The summed E-state index contributed by atoms with van der Waals surface area (Å²) in [7, 11) is -0.232. The van der Waals surface area contributed by atoms with Gasteiger partial charge >= 0.3 is 5.97 Å². The van der Waals surface area contributed by atoms with Gasteiger partial charge in [-0.05, 0) is 74.5 Å². The molecule has 0 bridgehead atoms. The number of rotatable bonds is 5. The molecule has 2 nitrogen and oxygen atoms in total. The molecule has 0 N–H and O–H groups in total. The number of benzene rings is 3. The molecule has 138 valence electrons. The fourth-order valence-corrected chi connectivity index (χ4v) is 4.82. The third-order valence-electron chi connectivity index (χ3n) is 3.78. The van der Waals surface area contributed by atoms with Gasteiger partial charge in [-0.1, -0.05) is 50.1 Å². The van der Waals surface area contributed by atoms with Crippen LogP contribution in [0.5, 0.6) is 5.75 Å². The van der Waals surface area contributed by atoms with E-state index in [1.54, 1.807) is 13.8 Å². The van der Waals surface area contributed by atoms with Crippen LogP contribution in [0, 0.1) is 0 Å². The minimum absolute atomic E-state index is 0.232. The van der Waals surface area contributed by atoms with Crippen LogP contribution in [0.2, 0.25) is 0 Å². The van der Waals surface area contributed by atoms with E-state index in [1.807, 2.05) is 30.3 Å². The topological polar surface area (TPSA) is 26.3 Å². The predicted molar refractivity (Wildman–Crippen MR) is 118 cm³/mol. The predicted octanol–water partition coefficient (Wildman–Crippen LogP) is 6.62. The Hall–Kier alpha value is -1.56. The first-order valence-corrected chi connectivity index (χ1v) is 11.2. The molecule has 0 saturated carbocycles. The van der Waals surface area contributed by atoms with Crippen molar-refractivity contribution in [1.82, 2.24) is 0 Å². The lowest BCUT2D eigenvalue weighted by atomic mass is 10.2. The fraction of sp³-hybridized carbons (Fsp3) is 0.136. The summed E-state index contributed by atoms with van der Waals surface area (Å²) in [6.45, 7) is 3.54. The van der Waals surface area contributed by atoms with Gasteiger partial charge in [0.15, 0.2) is 14.7 Å². The van der Waals surface area contributed by atoms with Gasteiger partial charge in [0.1, 0.15) is 10.1 Å². The van der Waals surface area contributed by atoms with Crippen LogP contribution < -0.4 is 4.74 Å².